The van der Waals surface area contributed by atoms with E-state index in [-0.39, 0.29) is 29.7 Å². The number of aromatic nitrogens is 2. The molecule has 0 radical (unpaired) electrons. The summed E-state index contributed by atoms with van der Waals surface area (Å²) < 4.78 is 1.57. The van der Waals surface area contributed by atoms with E-state index in [9.17, 15) is 14.4 Å². The number of hydrogen-bond acceptors (Lipinski definition) is 5. The number of likely N-dealkylation sites (N-methyl/N-ethyl adjacent to an activating group) is 1. The molecule has 0 bridgehead atoms. The molecule has 0 saturated heterocycles. The third-order valence-electron chi connectivity index (χ3n) is 4.26. The van der Waals surface area contributed by atoms with Crippen molar-refractivity contribution in [3.8, 4) is 0 Å². The maximum Gasteiger partial charge on any atom is 0.262 e. The minimum atomic E-state index is -0.285. The van der Waals surface area contributed by atoms with Crippen LogP contribution >= 0.6 is 11.8 Å². The molecule has 0 atom stereocenters. The molecule has 1 heterocycles. The van der Waals surface area contributed by atoms with Gasteiger partial charge in [0, 0.05) is 13.1 Å². The van der Waals surface area contributed by atoms with E-state index in [1.165, 1.54) is 11.8 Å². The highest BCUT2D eigenvalue weighted by atomic mass is 32.2. The Labute approximate surface area is 166 Å². The Kier molecular flexibility index (Phi) is 6.30. The number of hydrogen-bond donors (Lipinski definition) is 2. The van der Waals surface area contributed by atoms with E-state index in [0.29, 0.717) is 29.1 Å². The fraction of sp³-hybridized carbons (Fsp3) is 0.300. The summed E-state index contributed by atoms with van der Waals surface area (Å²) in [5.74, 6) is -0.445. The quantitative estimate of drug-likeness (QED) is 0.360. The standard InChI is InChI=1S/C20H22N4O3S/c1-3-21-17(25)11-22-18(26)12-28-20-23-16-10-14-8-6-5-7-13(14)9-15(16)19(27)24(20)4-2/h5-10H,3-4,11-12H2,1-2H3,(H,21,25)(H,22,26). The zero-order chi connectivity index (χ0) is 20.1. The van der Waals surface area contributed by atoms with Gasteiger partial charge in [0.1, 0.15) is 0 Å². The van der Waals surface area contributed by atoms with E-state index in [4.69, 9.17) is 0 Å². The molecule has 3 aromatic rings. The van der Waals surface area contributed by atoms with E-state index in [1.54, 1.807) is 4.57 Å². The molecular formula is C20H22N4O3S. The molecular weight excluding hydrogens is 376 g/mol. The SMILES string of the molecule is CCNC(=O)CNC(=O)CSc1nc2cc3ccccc3cc2c(=O)n1CC. The van der Waals surface area contributed by atoms with E-state index < -0.39 is 0 Å². The number of thioether (sulfide) groups is 1. The Hall–Kier alpha value is -2.87. The van der Waals surface area contributed by atoms with Gasteiger partial charge >= 0.3 is 0 Å². The number of benzene rings is 2. The third-order valence-corrected chi connectivity index (χ3v) is 5.23. The first-order valence-corrected chi connectivity index (χ1v) is 10.1. The normalized spacial score (nSPS) is 10.9. The Morgan fingerprint density at radius 3 is 2.46 bits per heavy atom. The molecule has 0 aliphatic carbocycles. The molecule has 28 heavy (non-hydrogen) atoms. The van der Waals surface area contributed by atoms with Crippen LogP contribution in [-0.2, 0) is 16.1 Å². The lowest BCUT2D eigenvalue weighted by molar-refractivity contribution is -0.124. The van der Waals surface area contributed by atoms with Crippen LogP contribution in [0.2, 0.25) is 0 Å². The minimum Gasteiger partial charge on any atom is -0.355 e. The van der Waals surface area contributed by atoms with Crippen molar-refractivity contribution >= 4 is 45.3 Å². The smallest absolute Gasteiger partial charge is 0.262 e. The highest BCUT2D eigenvalue weighted by Crippen LogP contribution is 2.22. The fourth-order valence-corrected chi connectivity index (χ4v) is 3.79. The van der Waals surface area contributed by atoms with Gasteiger partial charge in [-0.05, 0) is 36.8 Å². The molecule has 8 heteroatoms. The second-order valence-corrected chi connectivity index (χ2v) is 7.12. The van der Waals surface area contributed by atoms with Crippen molar-refractivity contribution in [2.45, 2.75) is 25.5 Å². The van der Waals surface area contributed by atoms with Gasteiger partial charge in [-0.2, -0.15) is 0 Å². The van der Waals surface area contributed by atoms with Crippen molar-refractivity contribution in [3.63, 3.8) is 0 Å². The number of nitrogens with one attached hydrogen (secondary N) is 2. The van der Waals surface area contributed by atoms with Crippen LogP contribution in [0.1, 0.15) is 13.8 Å². The first kappa shape index (κ1) is 19.9. The molecule has 3 rings (SSSR count). The van der Waals surface area contributed by atoms with Crippen LogP contribution in [0.15, 0.2) is 46.3 Å². The highest BCUT2D eigenvalue weighted by Gasteiger charge is 2.13. The Balaban J connectivity index is 1.84. The van der Waals surface area contributed by atoms with E-state index in [0.717, 1.165) is 10.8 Å². The Bertz CT molecular complexity index is 1090. The van der Waals surface area contributed by atoms with Gasteiger partial charge in [0.25, 0.3) is 5.56 Å². The topological polar surface area (TPSA) is 93.1 Å². The summed E-state index contributed by atoms with van der Waals surface area (Å²) in [5, 5.41) is 8.22. The van der Waals surface area contributed by atoms with Crippen LogP contribution in [0, 0.1) is 0 Å². The zero-order valence-electron chi connectivity index (χ0n) is 15.8. The summed E-state index contributed by atoms with van der Waals surface area (Å²) in [6.45, 7) is 4.59. The lowest BCUT2D eigenvalue weighted by Gasteiger charge is -2.12. The van der Waals surface area contributed by atoms with Gasteiger partial charge in [0.2, 0.25) is 11.8 Å². The van der Waals surface area contributed by atoms with Crippen LogP contribution in [0.5, 0.6) is 0 Å². The van der Waals surface area contributed by atoms with E-state index in [1.807, 2.05) is 50.2 Å². The maximum absolute atomic E-state index is 12.9. The predicted molar refractivity (Wildman–Crippen MR) is 112 cm³/mol. The van der Waals surface area contributed by atoms with Crippen LogP contribution in [-0.4, -0.2) is 40.2 Å². The molecule has 2 amide bonds. The summed E-state index contributed by atoms with van der Waals surface area (Å²) >= 11 is 1.19. The largest absolute Gasteiger partial charge is 0.355 e. The van der Waals surface area contributed by atoms with Gasteiger partial charge in [0.05, 0.1) is 23.2 Å². The van der Waals surface area contributed by atoms with E-state index in [2.05, 4.69) is 15.6 Å². The molecule has 0 aliphatic rings. The lowest BCUT2D eigenvalue weighted by atomic mass is 10.1. The summed E-state index contributed by atoms with van der Waals surface area (Å²) in [6.07, 6.45) is 0. The van der Waals surface area contributed by atoms with Crippen molar-refractivity contribution in [1.82, 2.24) is 20.2 Å². The minimum absolute atomic E-state index is 0.0645. The summed E-state index contributed by atoms with van der Waals surface area (Å²) in [7, 11) is 0. The maximum atomic E-state index is 12.9. The lowest BCUT2D eigenvalue weighted by Crippen LogP contribution is -2.37. The Morgan fingerprint density at radius 2 is 1.79 bits per heavy atom. The summed E-state index contributed by atoms with van der Waals surface area (Å²) in [6, 6.07) is 11.6. The molecule has 7 nitrogen and oxygen atoms in total. The average molecular weight is 398 g/mol. The van der Waals surface area contributed by atoms with Crippen molar-refractivity contribution in [2.75, 3.05) is 18.8 Å². The van der Waals surface area contributed by atoms with Crippen molar-refractivity contribution in [2.24, 2.45) is 0 Å². The monoisotopic (exact) mass is 398 g/mol. The molecule has 146 valence electrons. The number of nitrogens with zero attached hydrogens (tertiary/aromatic N) is 2. The van der Waals surface area contributed by atoms with E-state index >= 15 is 0 Å². The number of carbonyl (C=O) groups is 2. The Morgan fingerprint density at radius 1 is 1.07 bits per heavy atom. The molecule has 0 fully saturated rings. The second-order valence-electron chi connectivity index (χ2n) is 6.18. The predicted octanol–water partition coefficient (Wildman–Crippen LogP) is 1.91. The number of rotatable bonds is 7. The molecule has 0 spiro atoms. The third kappa shape index (κ3) is 4.33. The molecule has 0 unspecified atom stereocenters. The van der Waals surface area contributed by atoms with Crippen LogP contribution in [0.25, 0.3) is 21.7 Å². The number of amides is 2. The number of fused-ring (bicyclic) bond motifs is 2. The van der Waals surface area contributed by atoms with Crippen LogP contribution < -0.4 is 16.2 Å². The highest BCUT2D eigenvalue weighted by molar-refractivity contribution is 7.99. The van der Waals surface area contributed by atoms with Crippen LogP contribution in [0.4, 0.5) is 0 Å². The van der Waals surface area contributed by atoms with Gasteiger partial charge in [-0.3, -0.25) is 19.0 Å². The van der Waals surface area contributed by atoms with Crippen molar-refractivity contribution < 1.29 is 9.59 Å². The zero-order valence-corrected chi connectivity index (χ0v) is 16.6. The van der Waals surface area contributed by atoms with Gasteiger partial charge in [-0.15, -0.1) is 0 Å². The number of carbonyl (C=O) groups excluding carboxylic acids is 2. The summed E-state index contributed by atoms with van der Waals surface area (Å²) in [4.78, 5) is 41.0. The summed E-state index contributed by atoms with van der Waals surface area (Å²) in [5.41, 5.74) is 0.488. The molecule has 2 N–H and O–H groups in total. The second kappa shape index (κ2) is 8.88. The van der Waals surface area contributed by atoms with Crippen LogP contribution in [0.3, 0.4) is 0 Å². The van der Waals surface area contributed by atoms with Gasteiger partial charge < -0.3 is 10.6 Å². The first-order chi connectivity index (χ1) is 13.5. The van der Waals surface area contributed by atoms with Gasteiger partial charge in [-0.25, -0.2) is 4.98 Å². The average Bonchev–Trinajstić information content (AvgIpc) is 2.70. The van der Waals surface area contributed by atoms with Crippen molar-refractivity contribution in [1.29, 1.82) is 0 Å². The van der Waals surface area contributed by atoms with Crippen molar-refractivity contribution in [3.05, 3.63) is 46.8 Å². The molecule has 0 saturated carbocycles. The molecule has 0 aliphatic heterocycles. The first-order valence-electron chi connectivity index (χ1n) is 9.13. The van der Waals surface area contributed by atoms with Gasteiger partial charge in [-0.1, -0.05) is 36.0 Å². The fourth-order valence-electron chi connectivity index (χ4n) is 2.90. The van der Waals surface area contributed by atoms with Gasteiger partial charge in [0.15, 0.2) is 5.16 Å². The molecule has 2 aromatic carbocycles. The molecule has 1 aromatic heterocycles.